The number of hydrogen-bond acceptors (Lipinski definition) is 4. The minimum absolute atomic E-state index is 0.629. The van der Waals surface area contributed by atoms with E-state index in [4.69, 9.17) is 0 Å². The molecule has 108 valence electrons. The largest absolute Gasteiger partial charge is 0.313 e. The van der Waals surface area contributed by atoms with E-state index in [0.717, 1.165) is 29.2 Å². The maximum Gasteiger partial charge on any atom is 0.190 e. The van der Waals surface area contributed by atoms with Crippen LogP contribution in [0.15, 0.2) is 5.16 Å². The van der Waals surface area contributed by atoms with Crippen molar-refractivity contribution in [3.8, 4) is 0 Å². The lowest BCUT2D eigenvalue weighted by Crippen LogP contribution is -2.37. The van der Waals surface area contributed by atoms with Crippen LogP contribution in [0.3, 0.4) is 0 Å². The van der Waals surface area contributed by atoms with Crippen molar-refractivity contribution in [3.63, 3.8) is 0 Å². The van der Waals surface area contributed by atoms with Gasteiger partial charge >= 0.3 is 0 Å². The molecule has 1 unspecified atom stereocenters. The molecule has 1 aliphatic carbocycles. The quantitative estimate of drug-likeness (QED) is 0.781. The van der Waals surface area contributed by atoms with E-state index >= 15 is 0 Å². The fraction of sp³-hybridized carbons (Fsp3) is 0.857. The summed E-state index contributed by atoms with van der Waals surface area (Å²) in [6, 6.07) is 0.629. The Morgan fingerprint density at radius 3 is 2.68 bits per heavy atom. The molecule has 0 bridgehead atoms. The maximum atomic E-state index is 4.24. The monoisotopic (exact) mass is 282 g/mol. The molecule has 0 radical (unpaired) electrons. The van der Waals surface area contributed by atoms with Gasteiger partial charge < -0.3 is 9.88 Å². The predicted octanol–water partition coefficient (Wildman–Crippen LogP) is 2.77. The average Bonchev–Trinajstić information content (AvgIpc) is 3.03. The molecule has 1 aromatic rings. The van der Waals surface area contributed by atoms with E-state index in [0.29, 0.717) is 6.04 Å². The van der Waals surface area contributed by atoms with Crippen LogP contribution in [-0.2, 0) is 7.05 Å². The topological polar surface area (TPSA) is 42.7 Å². The average molecular weight is 282 g/mol. The third-order valence-corrected chi connectivity index (χ3v) is 5.21. The van der Waals surface area contributed by atoms with Crippen LogP contribution < -0.4 is 5.32 Å². The zero-order valence-electron chi connectivity index (χ0n) is 12.4. The van der Waals surface area contributed by atoms with Gasteiger partial charge in [0, 0.05) is 18.8 Å². The van der Waals surface area contributed by atoms with Crippen molar-refractivity contribution in [2.24, 2.45) is 13.0 Å². The highest BCUT2D eigenvalue weighted by atomic mass is 32.2. The third-order valence-electron chi connectivity index (χ3n) is 4.07. The number of rotatable bonds is 7. The zero-order valence-corrected chi connectivity index (χ0v) is 13.2. The number of nitrogens with zero attached hydrogens (tertiary/aromatic N) is 3. The first-order chi connectivity index (χ1) is 9.22. The number of aryl methyl sites for hydroxylation is 1. The Labute approximate surface area is 120 Å². The summed E-state index contributed by atoms with van der Waals surface area (Å²) in [4.78, 5) is 0. The lowest BCUT2D eigenvalue weighted by atomic mass is 10.00. The molecule has 0 aromatic carbocycles. The molecule has 1 saturated carbocycles. The van der Waals surface area contributed by atoms with Gasteiger partial charge in [-0.1, -0.05) is 31.5 Å². The molecular weight excluding hydrogens is 256 g/mol. The van der Waals surface area contributed by atoms with E-state index < -0.39 is 0 Å². The number of nitrogens with one attached hydrogen (secondary N) is 1. The molecule has 1 aliphatic rings. The second kappa shape index (κ2) is 7.29. The molecule has 0 amide bonds. The van der Waals surface area contributed by atoms with E-state index in [1.807, 2.05) is 25.7 Å². The second-order valence-corrected chi connectivity index (χ2v) is 6.49. The Morgan fingerprint density at radius 1 is 1.37 bits per heavy atom. The SMILES string of the molecule is CCCNC(CSc1nnc(C)n1C)C1CCCC1. The van der Waals surface area contributed by atoms with Gasteiger partial charge in [-0.2, -0.15) is 0 Å². The van der Waals surface area contributed by atoms with Gasteiger partial charge in [0.05, 0.1) is 0 Å². The lowest BCUT2D eigenvalue weighted by molar-refractivity contribution is 0.387. The highest BCUT2D eigenvalue weighted by Gasteiger charge is 2.25. The first kappa shape index (κ1) is 14.9. The Bertz CT molecular complexity index is 385. The van der Waals surface area contributed by atoms with Gasteiger partial charge in [-0.15, -0.1) is 10.2 Å². The summed E-state index contributed by atoms with van der Waals surface area (Å²) >= 11 is 1.84. The smallest absolute Gasteiger partial charge is 0.190 e. The van der Waals surface area contributed by atoms with Gasteiger partial charge in [-0.3, -0.25) is 0 Å². The Morgan fingerprint density at radius 2 is 2.11 bits per heavy atom. The molecule has 1 N–H and O–H groups in total. The minimum atomic E-state index is 0.629. The van der Waals surface area contributed by atoms with E-state index in [-0.39, 0.29) is 0 Å². The summed E-state index contributed by atoms with van der Waals surface area (Å²) in [5.41, 5.74) is 0. The number of aromatic nitrogens is 3. The molecule has 1 heterocycles. The molecule has 1 fully saturated rings. The van der Waals surface area contributed by atoms with Crippen molar-refractivity contribution in [2.45, 2.75) is 57.1 Å². The molecule has 1 aromatic heterocycles. The standard InChI is InChI=1S/C14H26N4S/c1-4-9-15-13(12-7-5-6-8-12)10-19-14-17-16-11(2)18(14)3/h12-13,15H,4-10H2,1-3H3. The highest BCUT2D eigenvalue weighted by molar-refractivity contribution is 7.99. The fourth-order valence-corrected chi connectivity index (χ4v) is 3.87. The van der Waals surface area contributed by atoms with Gasteiger partial charge in [0.25, 0.3) is 0 Å². The second-order valence-electron chi connectivity index (χ2n) is 5.50. The summed E-state index contributed by atoms with van der Waals surface area (Å²) in [6.07, 6.45) is 6.79. The maximum absolute atomic E-state index is 4.24. The Kier molecular flexibility index (Phi) is 5.70. The Hall–Kier alpha value is -0.550. The first-order valence-corrected chi connectivity index (χ1v) is 8.43. The summed E-state index contributed by atoms with van der Waals surface area (Å²) in [5.74, 6) is 2.95. The molecular formula is C14H26N4S. The van der Waals surface area contributed by atoms with Crippen LogP contribution in [0.5, 0.6) is 0 Å². The number of hydrogen-bond donors (Lipinski definition) is 1. The fourth-order valence-electron chi connectivity index (χ4n) is 2.73. The van der Waals surface area contributed by atoms with Crippen molar-refractivity contribution in [3.05, 3.63) is 5.82 Å². The molecule has 19 heavy (non-hydrogen) atoms. The summed E-state index contributed by atoms with van der Waals surface area (Å²) in [7, 11) is 2.04. The van der Waals surface area contributed by atoms with Gasteiger partial charge in [-0.05, 0) is 38.6 Å². The normalized spacial score (nSPS) is 18.1. The van der Waals surface area contributed by atoms with Crippen molar-refractivity contribution in [2.75, 3.05) is 12.3 Å². The van der Waals surface area contributed by atoms with Crippen LogP contribution in [0, 0.1) is 12.8 Å². The molecule has 1 atom stereocenters. The van der Waals surface area contributed by atoms with Crippen LogP contribution in [-0.4, -0.2) is 33.1 Å². The van der Waals surface area contributed by atoms with Crippen LogP contribution in [0.2, 0.25) is 0 Å². The van der Waals surface area contributed by atoms with E-state index in [1.54, 1.807) is 0 Å². The van der Waals surface area contributed by atoms with E-state index in [9.17, 15) is 0 Å². The first-order valence-electron chi connectivity index (χ1n) is 7.44. The summed E-state index contributed by atoms with van der Waals surface area (Å²) < 4.78 is 2.08. The summed E-state index contributed by atoms with van der Waals surface area (Å²) in [6.45, 7) is 5.36. The number of thioether (sulfide) groups is 1. The molecule has 0 spiro atoms. The van der Waals surface area contributed by atoms with E-state index in [2.05, 4.69) is 27.0 Å². The van der Waals surface area contributed by atoms with Crippen LogP contribution in [0.1, 0.15) is 44.9 Å². The Balaban J connectivity index is 1.89. The van der Waals surface area contributed by atoms with Crippen molar-refractivity contribution < 1.29 is 0 Å². The van der Waals surface area contributed by atoms with Crippen LogP contribution in [0.25, 0.3) is 0 Å². The van der Waals surface area contributed by atoms with Crippen molar-refractivity contribution in [1.29, 1.82) is 0 Å². The molecule has 2 rings (SSSR count). The molecule has 5 heteroatoms. The van der Waals surface area contributed by atoms with Crippen molar-refractivity contribution >= 4 is 11.8 Å². The van der Waals surface area contributed by atoms with Crippen molar-refractivity contribution in [1.82, 2.24) is 20.1 Å². The molecule has 4 nitrogen and oxygen atoms in total. The summed E-state index contributed by atoms with van der Waals surface area (Å²) in [5, 5.41) is 13.1. The predicted molar refractivity (Wildman–Crippen MR) is 80.5 cm³/mol. The highest BCUT2D eigenvalue weighted by Crippen LogP contribution is 2.30. The minimum Gasteiger partial charge on any atom is -0.313 e. The third kappa shape index (κ3) is 3.96. The van der Waals surface area contributed by atoms with E-state index in [1.165, 1.54) is 32.1 Å². The lowest BCUT2D eigenvalue weighted by Gasteiger charge is -2.24. The zero-order chi connectivity index (χ0) is 13.7. The van der Waals surface area contributed by atoms with Crippen LogP contribution in [0.4, 0.5) is 0 Å². The van der Waals surface area contributed by atoms with Gasteiger partial charge in [0.15, 0.2) is 5.16 Å². The van der Waals surface area contributed by atoms with Gasteiger partial charge in [0.1, 0.15) is 5.82 Å². The molecule has 0 aliphatic heterocycles. The van der Waals surface area contributed by atoms with Gasteiger partial charge in [0.2, 0.25) is 0 Å². The molecule has 0 saturated heterocycles. The van der Waals surface area contributed by atoms with Crippen LogP contribution >= 0.6 is 11.8 Å². The van der Waals surface area contributed by atoms with Gasteiger partial charge in [-0.25, -0.2) is 0 Å².